The van der Waals surface area contributed by atoms with Crippen LogP contribution in [-0.2, 0) is 7.05 Å². The smallest absolute Gasteiger partial charge is 0.275 e. The molecule has 0 fully saturated rings. The summed E-state index contributed by atoms with van der Waals surface area (Å²) in [5, 5.41) is 5.79. The van der Waals surface area contributed by atoms with Gasteiger partial charge in [0, 0.05) is 13.2 Å². The number of isothiocyanates is 1. The van der Waals surface area contributed by atoms with Crippen LogP contribution in [0.3, 0.4) is 0 Å². The predicted molar refractivity (Wildman–Crippen MR) is 42.6 cm³/mol. The summed E-state index contributed by atoms with van der Waals surface area (Å²) in [4.78, 5) is 14.2. The van der Waals surface area contributed by atoms with E-state index < -0.39 is 5.91 Å². The van der Waals surface area contributed by atoms with E-state index in [1.807, 2.05) is 5.16 Å². The summed E-state index contributed by atoms with van der Waals surface area (Å²) in [6.45, 7) is 0. The lowest BCUT2D eigenvalue weighted by Gasteiger charge is -1.82. The fraction of sp³-hybridized carbons (Fsp3) is 0.167. The highest BCUT2D eigenvalue weighted by molar-refractivity contribution is 7.78. The molecule has 11 heavy (non-hydrogen) atoms. The zero-order valence-electron chi connectivity index (χ0n) is 5.81. The van der Waals surface area contributed by atoms with E-state index in [2.05, 4.69) is 22.3 Å². The minimum Gasteiger partial charge on any atom is -0.275 e. The van der Waals surface area contributed by atoms with Crippen LogP contribution in [0.5, 0.6) is 0 Å². The monoisotopic (exact) mass is 167 g/mol. The number of nitrogens with zero attached hydrogens (tertiary/aromatic N) is 3. The van der Waals surface area contributed by atoms with Gasteiger partial charge in [0.2, 0.25) is 0 Å². The Hall–Kier alpha value is -1.32. The van der Waals surface area contributed by atoms with Crippen LogP contribution in [-0.4, -0.2) is 20.8 Å². The van der Waals surface area contributed by atoms with Gasteiger partial charge >= 0.3 is 0 Å². The molecule has 1 aromatic rings. The van der Waals surface area contributed by atoms with Crippen LogP contribution < -0.4 is 0 Å². The van der Waals surface area contributed by atoms with Crippen LogP contribution in [0, 0.1) is 0 Å². The van der Waals surface area contributed by atoms with E-state index in [9.17, 15) is 4.79 Å². The van der Waals surface area contributed by atoms with Gasteiger partial charge in [-0.15, -0.1) is 0 Å². The molecule has 0 bridgehead atoms. The van der Waals surface area contributed by atoms with Crippen molar-refractivity contribution in [2.75, 3.05) is 0 Å². The van der Waals surface area contributed by atoms with Crippen LogP contribution in [0.25, 0.3) is 0 Å². The number of hydrogen-bond donors (Lipinski definition) is 0. The molecule has 0 unspecified atom stereocenters. The first-order valence-electron chi connectivity index (χ1n) is 2.85. The van der Waals surface area contributed by atoms with Crippen LogP contribution in [0.1, 0.15) is 10.4 Å². The second kappa shape index (κ2) is 3.18. The number of thiocarbonyl (C=S) groups is 1. The van der Waals surface area contributed by atoms with E-state index in [0.717, 1.165) is 0 Å². The van der Waals surface area contributed by atoms with Crippen molar-refractivity contribution in [3.63, 3.8) is 0 Å². The first-order valence-corrected chi connectivity index (χ1v) is 3.25. The topological polar surface area (TPSA) is 47.2 Å². The Morgan fingerprint density at radius 3 is 3.09 bits per heavy atom. The maximum Gasteiger partial charge on any atom is 0.289 e. The normalized spacial score (nSPS) is 8.82. The molecule has 1 rings (SSSR count). The standard InChI is InChI=1S/C6H5N3OS/c1-9-3-5(2-8-9)6(10)7-4-11/h2-3H,1H3. The number of carbonyl (C=O) groups excluding carboxylic acids is 1. The van der Waals surface area contributed by atoms with Gasteiger partial charge in [0.05, 0.1) is 16.9 Å². The third kappa shape index (κ3) is 1.80. The number of amides is 1. The summed E-state index contributed by atoms with van der Waals surface area (Å²) in [5.41, 5.74) is 0.421. The molecule has 1 amide bonds. The van der Waals surface area contributed by atoms with E-state index in [-0.39, 0.29) is 0 Å². The molecule has 0 N–H and O–H groups in total. The van der Waals surface area contributed by atoms with Crippen molar-refractivity contribution in [1.82, 2.24) is 9.78 Å². The van der Waals surface area contributed by atoms with E-state index in [1.54, 1.807) is 13.2 Å². The molecule has 0 spiro atoms. The highest BCUT2D eigenvalue weighted by Crippen LogP contribution is 1.97. The summed E-state index contributed by atoms with van der Waals surface area (Å²) < 4.78 is 1.52. The number of aryl methyl sites for hydroxylation is 1. The number of hydrogen-bond acceptors (Lipinski definition) is 3. The number of rotatable bonds is 1. The summed E-state index contributed by atoms with van der Waals surface area (Å²) in [6.07, 6.45) is 3.00. The number of aliphatic imine (C=N–C) groups is 1. The molecule has 1 heterocycles. The molecule has 0 saturated carbocycles. The molecule has 0 radical (unpaired) electrons. The van der Waals surface area contributed by atoms with Crippen molar-refractivity contribution in [3.8, 4) is 0 Å². The van der Waals surface area contributed by atoms with E-state index in [0.29, 0.717) is 5.56 Å². The van der Waals surface area contributed by atoms with Gasteiger partial charge in [-0.2, -0.15) is 10.1 Å². The Morgan fingerprint density at radius 2 is 2.64 bits per heavy atom. The summed E-state index contributed by atoms with van der Waals surface area (Å²) in [5.74, 6) is -0.409. The molecule has 5 heteroatoms. The van der Waals surface area contributed by atoms with Gasteiger partial charge in [-0.05, 0) is 12.2 Å². The molecule has 4 nitrogen and oxygen atoms in total. The Balaban J connectivity index is 2.93. The Kier molecular flexibility index (Phi) is 2.25. The third-order valence-corrected chi connectivity index (χ3v) is 1.19. The quantitative estimate of drug-likeness (QED) is 0.456. The Morgan fingerprint density at radius 1 is 1.91 bits per heavy atom. The van der Waals surface area contributed by atoms with Gasteiger partial charge < -0.3 is 0 Å². The highest BCUT2D eigenvalue weighted by Gasteiger charge is 2.03. The van der Waals surface area contributed by atoms with Gasteiger partial charge in [0.15, 0.2) is 0 Å². The molecular formula is C6H5N3OS. The van der Waals surface area contributed by atoms with E-state index in [4.69, 9.17) is 0 Å². The van der Waals surface area contributed by atoms with Crippen molar-refractivity contribution >= 4 is 23.3 Å². The lowest BCUT2D eigenvalue weighted by molar-refractivity contribution is 0.100. The van der Waals surface area contributed by atoms with E-state index >= 15 is 0 Å². The average Bonchev–Trinajstić information content (AvgIpc) is 2.36. The first kappa shape index (κ1) is 7.78. The summed E-state index contributed by atoms with van der Waals surface area (Å²) in [7, 11) is 1.72. The fourth-order valence-electron chi connectivity index (χ4n) is 0.638. The zero-order valence-corrected chi connectivity index (χ0v) is 6.63. The van der Waals surface area contributed by atoms with Crippen molar-refractivity contribution < 1.29 is 4.79 Å². The van der Waals surface area contributed by atoms with Gasteiger partial charge in [-0.25, -0.2) is 0 Å². The van der Waals surface area contributed by atoms with Gasteiger partial charge in [-0.1, -0.05) is 0 Å². The fourth-order valence-corrected chi connectivity index (χ4v) is 0.721. The lowest BCUT2D eigenvalue weighted by atomic mass is 10.3. The van der Waals surface area contributed by atoms with Crippen molar-refractivity contribution in [2.24, 2.45) is 12.0 Å². The second-order valence-electron chi connectivity index (χ2n) is 1.91. The Bertz CT molecular complexity index is 324. The predicted octanol–water partition coefficient (Wildman–Crippen LogP) is 0.663. The molecule has 0 aromatic carbocycles. The minimum absolute atomic E-state index is 0.409. The maximum absolute atomic E-state index is 10.9. The number of aromatic nitrogens is 2. The molecule has 0 atom stereocenters. The molecule has 1 aromatic heterocycles. The molecular weight excluding hydrogens is 162 g/mol. The average molecular weight is 167 g/mol. The van der Waals surface area contributed by atoms with Gasteiger partial charge in [-0.3, -0.25) is 9.48 Å². The molecule has 0 saturated heterocycles. The highest BCUT2D eigenvalue weighted by atomic mass is 32.1. The zero-order chi connectivity index (χ0) is 8.27. The lowest BCUT2D eigenvalue weighted by Crippen LogP contribution is -1.91. The second-order valence-corrected chi connectivity index (χ2v) is 2.09. The largest absolute Gasteiger partial charge is 0.289 e. The van der Waals surface area contributed by atoms with E-state index in [1.165, 1.54) is 10.9 Å². The number of carbonyl (C=O) groups is 1. The van der Waals surface area contributed by atoms with Gasteiger partial charge in [0.25, 0.3) is 5.91 Å². The van der Waals surface area contributed by atoms with Crippen molar-refractivity contribution in [2.45, 2.75) is 0 Å². The van der Waals surface area contributed by atoms with Gasteiger partial charge in [0.1, 0.15) is 0 Å². The SMILES string of the molecule is Cn1cc(C(=O)N=C=S)cn1. The summed E-state index contributed by atoms with van der Waals surface area (Å²) >= 11 is 4.27. The third-order valence-electron chi connectivity index (χ3n) is 1.10. The molecule has 0 aliphatic rings. The Labute approximate surface area is 68.5 Å². The molecule has 56 valence electrons. The van der Waals surface area contributed by atoms with Crippen LogP contribution in [0.4, 0.5) is 0 Å². The molecule has 0 aliphatic heterocycles. The van der Waals surface area contributed by atoms with Crippen molar-refractivity contribution in [3.05, 3.63) is 18.0 Å². The molecule has 0 aliphatic carbocycles. The minimum atomic E-state index is -0.409. The summed E-state index contributed by atoms with van der Waals surface area (Å²) in [6, 6.07) is 0. The van der Waals surface area contributed by atoms with Crippen LogP contribution in [0.2, 0.25) is 0 Å². The first-order chi connectivity index (χ1) is 5.24. The maximum atomic E-state index is 10.9. The van der Waals surface area contributed by atoms with Crippen LogP contribution in [0.15, 0.2) is 17.4 Å². The van der Waals surface area contributed by atoms with Crippen molar-refractivity contribution in [1.29, 1.82) is 0 Å². The van der Waals surface area contributed by atoms with Crippen LogP contribution >= 0.6 is 12.2 Å².